The number of anilines is 1. The minimum Gasteiger partial charge on any atom is -0.366 e. The standard InChI is InChI=1S/C20H22N2O3S/c1-14-9-10-16-6-2-3-8-18(16)22(14)19(23)13-26(25)12-15-5-4-7-17(11-15)20(21)24/h2-8,11,14H,9-10,12-13H2,1H3,(H2,21,24)/t14-,26+/m1/s1. The van der Waals surface area contributed by atoms with Crippen LogP contribution in [-0.2, 0) is 27.8 Å². The molecule has 136 valence electrons. The van der Waals surface area contributed by atoms with Crippen molar-refractivity contribution >= 4 is 28.3 Å². The first kappa shape index (κ1) is 18.3. The van der Waals surface area contributed by atoms with E-state index in [0.29, 0.717) is 5.56 Å². The van der Waals surface area contributed by atoms with Gasteiger partial charge in [-0.3, -0.25) is 13.8 Å². The molecule has 1 aliphatic heterocycles. The van der Waals surface area contributed by atoms with Crippen molar-refractivity contribution in [2.24, 2.45) is 5.73 Å². The van der Waals surface area contributed by atoms with Gasteiger partial charge in [0.2, 0.25) is 11.8 Å². The van der Waals surface area contributed by atoms with Crippen LogP contribution in [0.25, 0.3) is 0 Å². The molecule has 0 radical (unpaired) electrons. The van der Waals surface area contributed by atoms with Gasteiger partial charge in [-0.05, 0) is 49.1 Å². The number of fused-ring (bicyclic) bond motifs is 1. The molecule has 5 nitrogen and oxygen atoms in total. The average molecular weight is 370 g/mol. The molecule has 2 amide bonds. The van der Waals surface area contributed by atoms with Gasteiger partial charge in [-0.15, -0.1) is 0 Å². The van der Waals surface area contributed by atoms with Crippen molar-refractivity contribution in [3.8, 4) is 0 Å². The van der Waals surface area contributed by atoms with Gasteiger partial charge in [0, 0.05) is 33.8 Å². The Morgan fingerprint density at radius 3 is 2.73 bits per heavy atom. The molecule has 1 aliphatic rings. The highest BCUT2D eigenvalue weighted by Gasteiger charge is 2.28. The average Bonchev–Trinajstić information content (AvgIpc) is 2.61. The molecule has 0 aromatic heterocycles. The summed E-state index contributed by atoms with van der Waals surface area (Å²) in [5.74, 6) is -0.475. The smallest absolute Gasteiger partial charge is 0.248 e. The Labute approximate surface area is 155 Å². The fourth-order valence-corrected chi connectivity index (χ4v) is 4.39. The molecule has 6 heteroatoms. The van der Waals surface area contributed by atoms with Crippen molar-refractivity contribution in [3.63, 3.8) is 0 Å². The molecular formula is C20H22N2O3S. The van der Waals surface area contributed by atoms with Gasteiger partial charge >= 0.3 is 0 Å². The lowest BCUT2D eigenvalue weighted by atomic mass is 9.97. The lowest BCUT2D eigenvalue weighted by molar-refractivity contribution is -0.116. The second-order valence-electron chi connectivity index (χ2n) is 6.57. The van der Waals surface area contributed by atoms with Crippen molar-refractivity contribution < 1.29 is 13.8 Å². The van der Waals surface area contributed by atoms with Gasteiger partial charge < -0.3 is 10.6 Å². The molecule has 0 saturated heterocycles. The maximum Gasteiger partial charge on any atom is 0.248 e. The van der Waals surface area contributed by atoms with Gasteiger partial charge in [-0.1, -0.05) is 30.3 Å². The maximum atomic E-state index is 12.8. The summed E-state index contributed by atoms with van der Waals surface area (Å²) in [5, 5.41) is 0. The summed E-state index contributed by atoms with van der Waals surface area (Å²) in [6.45, 7) is 2.02. The van der Waals surface area contributed by atoms with E-state index in [9.17, 15) is 13.8 Å². The van der Waals surface area contributed by atoms with E-state index in [0.717, 1.165) is 29.7 Å². The van der Waals surface area contributed by atoms with Crippen molar-refractivity contribution in [1.29, 1.82) is 0 Å². The van der Waals surface area contributed by atoms with Crippen LogP contribution in [0.1, 0.15) is 34.8 Å². The minimum atomic E-state index is -1.36. The predicted octanol–water partition coefficient (Wildman–Crippen LogP) is 2.40. The fourth-order valence-electron chi connectivity index (χ4n) is 3.33. The highest BCUT2D eigenvalue weighted by molar-refractivity contribution is 7.84. The molecule has 2 aromatic rings. The second-order valence-corrected chi connectivity index (χ2v) is 8.03. The van der Waals surface area contributed by atoms with Gasteiger partial charge in [-0.2, -0.15) is 0 Å². The summed E-state index contributed by atoms with van der Waals surface area (Å²) >= 11 is 0. The normalized spacial score (nSPS) is 17.4. The fraction of sp³-hybridized carbons (Fsp3) is 0.300. The summed E-state index contributed by atoms with van der Waals surface area (Å²) < 4.78 is 12.5. The van der Waals surface area contributed by atoms with Gasteiger partial charge in [0.1, 0.15) is 5.75 Å². The number of amides is 2. The Hall–Kier alpha value is -2.47. The molecule has 0 bridgehead atoms. The molecular weight excluding hydrogens is 348 g/mol. The molecule has 0 unspecified atom stereocenters. The third-order valence-electron chi connectivity index (χ3n) is 4.62. The first-order valence-electron chi connectivity index (χ1n) is 8.59. The Balaban J connectivity index is 1.71. The van der Waals surface area contributed by atoms with Crippen LogP contribution in [0, 0.1) is 0 Å². The lowest BCUT2D eigenvalue weighted by Crippen LogP contribution is -2.44. The van der Waals surface area contributed by atoms with Crippen molar-refractivity contribution in [2.75, 3.05) is 10.7 Å². The number of nitrogens with zero attached hydrogens (tertiary/aromatic N) is 1. The van der Waals surface area contributed by atoms with E-state index in [1.807, 2.05) is 31.2 Å². The summed E-state index contributed by atoms with van der Waals surface area (Å²) in [7, 11) is -1.36. The predicted molar refractivity (Wildman–Crippen MR) is 103 cm³/mol. The van der Waals surface area contributed by atoms with Crippen LogP contribution in [0.5, 0.6) is 0 Å². The van der Waals surface area contributed by atoms with Crippen LogP contribution in [0.2, 0.25) is 0 Å². The summed E-state index contributed by atoms with van der Waals surface area (Å²) in [4.78, 5) is 25.8. The Kier molecular flexibility index (Phi) is 5.52. The van der Waals surface area contributed by atoms with Crippen molar-refractivity contribution in [3.05, 3.63) is 65.2 Å². The van der Waals surface area contributed by atoms with E-state index in [2.05, 4.69) is 0 Å². The lowest BCUT2D eigenvalue weighted by Gasteiger charge is -2.35. The zero-order valence-electron chi connectivity index (χ0n) is 14.7. The zero-order chi connectivity index (χ0) is 18.7. The first-order chi connectivity index (χ1) is 12.5. The molecule has 0 fully saturated rings. The highest BCUT2D eigenvalue weighted by Crippen LogP contribution is 2.30. The van der Waals surface area contributed by atoms with Gasteiger partial charge in [0.15, 0.2) is 0 Å². The molecule has 2 aromatic carbocycles. The number of rotatable bonds is 5. The number of hydrogen-bond acceptors (Lipinski definition) is 3. The number of hydrogen-bond donors (Lipinski definition) is 1. The number of nitrogens with two attached hydrogens (primary N) is 1. The topological polar surface area (TPSA) is 80.5 Å². The van der Waals surface area contributed by atoms with Crippen LogP contribution in [0.15, 0.2) is 48.5 Å². The molecule has 2 N–H and O–H groups in total. The molecule has 26 heavy (non-hydrogen) atoms. The molecule has 1 heterocycles. The van der Waals surface area contributed by atoms with Crippen molar-refractivity contribution in [1.82, 2.24) is 0 Å². The summed E-state index contributed by atoms with van der Waals surface area (Å²) in [6.07, 6.45) is 1.85. The first-order valence-corrected chi connectivity index (χ1v) is 10.1. The number of aryl methyl sites for hydroxylation is 1. The van der Waals surface area contributed by atoms with Crippen LogP contribution < -0.4 is 10.6 Å². The van der Waals surface area contributed by atoms with E-state index in [4.69, 9.17) is 5.73 Å². The number of benzene rings is 2. The second kappa shape index (κ2) is 7.83. The van der Waals surface area contributed by atoms with E-state index < -0.39 is 16.7 Å². The zero-order valence-corrected chi connectivity index (χ0v) is 15.5. The molecule has 0 saturated carbocycles. The van der Waals surface area contributed by atoms with E-state index in [1.165, 1.54) is 0 Å². The molecule has 0 spiro atoms. The highest BCUT2D eigenvalue weighted by atomic mass is 32.2. The third kappa shape index (κ3) is 4.02. The largest absolute Gasteiger partial charge is 0.366 e. The van der Waals surface area contributed by atoms with Crippen LogP contribution in [0.3, 0.4) is 0 Å². The van der Waals surface area contributed by atoms with E-state index in [1.54, 1.807) is 29.2 Å². The molecule has 0 aliphatic carbocycles. The maximum absolute atomic E-state index is 12.8. The monoisotopic (exact) mass is 370 g/mol. The Morgan fingerprint density at radius 1 is 1.19 bits per heavy atom. The summed E-state index contributed by atoms with van der Waals surface area (Å²) in [6, 6.07) is 14.7. The van der Waals surface area contributed by atoms with Crippen LogP contribution in [0.4, 0.5) is 5.69 Å². The Morgan fingerprint density at radius 2 is 1.96 bits per heavy atom. The quantitative estimate of drug-likeness (QED) is 0.878. The van der Waals surface area contributed by atoms with Gasteiger partial charge in [-0.25, -0.2) is 0 Å². The number of primary amides is 1. The number of para-hydroxylation sites is 1. The molecule has 3 rings (SSSR count). The minimum absolute atomic E-state index is 0.0422. The number of carbonyl (C=O) groups excluding carboxylic acids is 2. The van der Waals surface area contributed by atoms with Crippen LogP contribution >= 0.6 is 0 Å². The molecule has 2 atom stereocenters. The third-order valence-corrected chi connectivity index (χ3v) is 5.84. The van der Waals surface area contributed by atoms with E-state index in [-0.39, 0.29) is 23.5 Å². The summed E-state index contributed by atoms with van der Waals surface area (Å²) in [5.41, 5.74) is 8.46. The Bertz CT molecular complexity index is 866. The SMILES string of the molecule is C[C@@H]1CCc2ccccc2N1C(=O)C[S@@](=O)Cc1cccc(C(N)=O)c1. The van der Waals surface area contributed by atoms with Gasteiger partial charge in [0.25, 0.3) is 0 Å². The number of carbonyl (C=O) groups is 2. The van der Waals surface area contributed by atoms with Crippen molar-refractivity contribution in [2.45, 2.75) is 31.6 Å². The van der Waals surface area contributed by atoms with Crippen LogP contribution in [-0.4, -0.2) is 27.8 Å². The van der Waals surface area contributed by atoms with E-state index >= 15 is 0 Å². The van der Waals surface area contributed by atoms with Gasteiger partial charge in [0.05, 0.1) is 0 Å².